The van der Waals surface area contributed by atoms with Gasteiger partial charge in [-0.3, -0.25) is 4.79 Å². The molecule has 0 unspecified atom stereocenters. The van der Waals surface area contributed by atoms with Crippen LogP contribution in [-0.4, -0.2) is 26.8 Å². The Morgan fingerprint density at radius 1 is 0.857 bits per heavy atom. The summed E-state index contributed by atoms with van der Waals surface area (Å²) in [7, 11) is 0. The van der Waals surface area contributed by atoms with Crippen molar-refractivity contribution in [1.29, 1.82) is 0 Å². The molecular formula is C22H18N4OS. The molecule has 0 aliphatic rings. The Morgan fingerprint density at radius 3 is 2.21 bits per heavy atom. The predicted octanol–water partition coefficient (Wildman–Crippen LogP) is 4.87. The number of benzene rings is 3. The van der Waals surface area contributed by atoms with E-state index < -0.39 is 0 Å². The van der Waals surface area contributed by atoms with Crippen molar-refractivity contribution >= 4 is 23.4 Å². The highest BCUT2D eigenvalue weighted by Gasteiger charge is 2.06. The summed E-state index contributed by atoms with van der Waals surface area (Å²) in [6, 6.07) is 26.6. The Kier molecular flexibility index (Phi) is 5.49. The lowest BCUT2D eigenvalue weighted by atomic mass is 9.99. The Bertz CT molecular complexity index is 1050. The van der Waals surface area contributed by atoms with Crippen LogP contribution in [0.25, 0.3) is 22.3 Å². The number of aromatic nitrogens is 3. The van der Waals surface area contributed by atoms with E-state index in [-0.39, 0.29) is 11.7 Å². The van der Waals surface area contributed by atoms with Gasteiger partial charge in [0.1, 0.15) is 6.33 Å². The second-order valence-electron chi connectivity index (χ2n) is 6.16. The molecule has 0 fully saturated rings. The lowest BCUT2D eigenvalue weighted by Gasteiger charge is -2.08. The zero-order valence-electron chi connectivity index (χ0n) is 15.0. The molecule has 0 saturated heterocycles. The van der Waals surface area contributed by atoms with Crippen molar-refractivity contribution in [2.75, 3.05) is 11.1 Å². The molecule has 1 amide bonds. The molecule has 5 nitrogen and oxygen atoms in total. The van der Waals surface area contributed by atoms with Crippen LogP contribution in [0.4, 0.5) is 5.69 Å². The maximum absolute atomic E-state index is 12.1. The van der Waals surface area contributed by atoms with Crippen molar-refractivity contribution in [3.8, 4) is 22.3 Å². The number of hydrogen-bond acceptors (Lipinski definition) is 4. The molecular weight excluding hydrogens is 368 g/mol. The van der Waals surface area contributed by atoms with Gasteiger partial charge in [-0.15, -0.1) is 10.2 Å². The molecule has 6 heteroatoms. The summed E-state index contributed by atoms with van der Waals surface area (Å²) in [4.78, 5) is 14.9. The van der Waals surface area contributed by atoms with Gasteiger partial charge in [0.2, 0.25) is 5.91 Å². The summed E-state index contributed by atoms with van der Waals surface area (Å²) in [5, 5.41) is 11.1. The van der Waals surface area contributed by atoms with E-state index in [1.807, 2.05) is 42.5 Å². The first-order valence-electron chi connectivity index (χ1n) is 8.82. The fraction of sp³-hybridized carbons (Fsp3) is 0.0455. The zero-order valence-corrected chi connectivity index (χ0v) is 15.8. The van der Waals surface area contributed by atoms with Crippen molar-refractivity contribution in [2.24, 2.45) is 0 Å². The molecule has 4 aromatic rings. The standard InChI is InChI=1S/C22H18N4OS/c27-21(14-28-22-23-15-24-26-22)25-20-11-9-17(10-12-20)19-8-4-7-18(13-19)16-5-2-1-3-6-16/h1-13,15H,14H2,(H,25,27)(H,23,24,26). The van der Waals surface area contributed by atoms with Gasteiger partial charge in [-0.1, -0.05) is 72.4 Å². The van der Waals surface area contributed by atoms with Gasteiger partial charge in [0, 0.05) is 5.69 Å². The van der Waals surface area contributed by atoms with Crippen LogP contribution >= 0.6 is 11.8 Å². The van der Waals surface area contributed by atoms with Crippen molar-refractivity contribution in [3.63, 3.8) is 0 Å². The number of aromatic amines is 1. The van der Waals surface area contributed by atoms with Gasteiger partial charge in [-0.25, -0.2) is 0 Å². The van der Waals surface area contributed by atoms with Gasteiger partial charge in [0.05, 0.1) is 5.75 Å². The Hall–Kier alpha value is -3.38. The molecule has 0 radical (unpaired) electrons. The number of nitrogens with one attached hydrogen (secondary N) is 2. The zero-order chi connectivity index (χ0) is 19.2. The van der Waals surface area contributed by atoms with Crippen LogP contribution in [0.3, 0.4) is 0 Å². The summed E-state index contributed by atoms with van der Waals surface area (Å²) in [5.74, 6) is 0.191. The molecule has 0 aliphatic carbocycles. The normalized spacial score (nSPS) is 10.6. The maximum atomic E-state index is 12.1. The molecule has 0 saturated carbocycles. The Morgan fingerprint density at radius 2 is 1.54 bits per heavy atom. The van der Waals surface area contributed by atoms with E-state index in [2.05, 4.69) is 56.9 Å². The van der Waals surface area contributed by atoms with E-state index in [9.17, 15) is 4.79 Å². The molecule has 0 bridgehead atoms. The average Bonchev–Trinajstić information content (AvgIpc) is 3.27. The highest BCUT2D eigenvalue weighted by Crippen LogP contribution is 2.27. The fourth-order valence-electron chi connectivity index (χ4n) is 2.85. The van der Waals surface area contributed by atoms with Gasteiger partial charge in [-0.2, -0.15) is 0 Å². The van der Waals surface area contributed by atoms with E-state index in [1.165, 1.54) is 29.2 Å². The lowest BCUT2D eigenvalue weighted by molar-refractivity contribution is -0.113. The lowest BCUT2D eigenvalue weighted by Crippen LogP contribution is -2.14. The number of hydrogen-bond donors (Lipinski definition) is 2. The van der Waals surface area contributed by atoms with Crippen LogP contribution in [0, 0.1) is 0 Å². The van der Waals surface area contributed by atoms with Crippen LogP contribution in [0.1, 0.15) is 0 Å². The van der Waals surface area contributed by atoms with E-state index >= 15 is 0 Å². The van der Waals surface area contributed by atoms with Crippen molar-refractivity contribution in [1.82, 2.24) is 15.2 Å². The molecule has 4 rings (SSSR count). The fourth-order valence-corrected chi connectivity index (χ4v) is 3.43. The van der Waals surface area contributed by atoms with E-state index in [4.69, 9.17) is 0 Å². The molecule has 3 aromatic carbocycles. The largest absolute Gasteiger partial charge is 0.325 e. The summed E-state index contributed by atoms with van der Waals surface area (Å²) < 4.78 is 0. The molecule has 0 atom stereocenters. The third kappa shape index (κ3) is 4.47. The number of carbonyl (C=O) groups is 1. The molecule has 2 N–H and O–H groups in total. The Labute approximate surface area is 167 Å². The number of rotatable bonds is 6. The van der Waals surface area contributed by atoms with Gasteiger partial charge in [0.15, 0.2) is 5.16 Å². The highest BCUT2D eigenvalue weighted by atomic mass is 32.2. The van der Waals surface area contributed by atoms with Crippen LogP contribution < -0.4 is 5.32 Å². The first-order chi connectivity index (χ1) is 13.8. The average molecular weight is 386 g/mol. The third-order valence-corrected chi connectivity index (χ3v) is 5.09. The number of anilines is 1. The first-order valence-corrected chi connectivity index (χ1v) is 9.81. The van der Waals surface area contributed by atoms with Crippen molar-refractivity contribution in [2.45, 2.75) is 5.16 Å². The van der Waals surface area contributed by atoms with Crippen LogP contribution in [-0.2, 0) is 4.79 Å². The molecule has 0 aliphatic heterocycles. The Balaban J connectivity index is 1.42. The smallest absolute Gasteiger partial charge is 0.234 e. The van der Waals surface area contributed by atoms with Crippen molar-refractivity contribution < 1.29 is 4.79 Å². The van der Waals surface area contributed by atoms with E-state index in [0.29, 0.717) is 5.16 Å². The van der Waals surface area contributed by atoms with Crippen molar-refractivity contribution in [3.05, 3.63) is 85.2 Å². The number of thioether (sulfide) groups is 1. The van der Waals surface area contributed by atoms with Crippen LogP contribution in [0.15, 0.2) is 90.3 Å². The minimum atomic E-state index is -0.0831. The molecule has 0 spiro atoms. The van der Waals surface area contributed by atoms with Gasteiger partial charge in [0.25, 0.3) is 0 Å². The summed E-state index contributed by atoms with van der Waals surface area (Å²) >= 11 is 1.31. The second kappa shape index (κ2) is 8.54. The van der Waals surface area contributed by atoms with Crippen LogP contribution in [0.5, 0.6) is 0 Å². The summed E-state index contributed by atoms with van der Waals surface area (Å²) in [6.45, 7) is 0. The summed E-state index contributed by atoms with van der Waals surface area (Å²) in [6.07, 6.45) is 1.49. The predicted molar refractivity (Wildman–Crippen MR) is 113 cm³/mol. The maximum Gasteiger partial charge on any atom is 0.234 e. The molecule has 28 heavy (non-hydrogen) atoms. The SMILES string of the molecule is O=C(CSc1nnc[nH]1)Nc1ccc(-c2cccc(-c3ccccc3)c2)cc1. The second-order valence-corrected chi connectivity index (χ2v) is 7.12. The van der Waals surface area contributed by atoms with Gasteiger partial charge in [-0.05, 0) is 40.5 Å². The monoisotopic (exact) mass is 386 g/mol. The van der Waals surface area contributed by atoms with Gasteiger partial charge < -0.3 is 10.3 Å². The first kappa shape index (κ1) is 18.0. The number of H-pyrrole nitrogens is 1. The number of nitrogens with zero attached hydrogens (tertiary/aromatic N) is 2. The number of carbonyl (C=O) groups excluding carboxylic acids is 1. The summed E-state index contributed by atoms with van der Waals surface area (Å²) in [5.41, 5.74) is 5.38. The van der Waals surface area contributed by atoms with E-state index in [1.54, 1.807) is 0 Å². The minimum Gasteiger partial charge on any atom is -0.325 e. The minimum absolute atomic E-state index is 0.0831. The van der Waals surface area contributed by atoms with Crippen LogP contribution in [0.2, 0.25) is 0 Å². The third-order valence-electron chi connectivity index (χ3n) is 4.21. The topological polar surface area (TPSA) is 70.7 Å². The highest BCUT2D eigenvalue weighted by molar-refractivity contribution is 7.99. The molecule has 1 aromatic heterocycles. The number of amides is 1. The van der Waals surface area contributed by atoms with E-state index in [0.717, 1.165) is 16.8 Å². The van der Waals surface area contributed by atoms with Gasteiger partial charge >= 0.3 is 0 Å². The quantitative estimate of drug-likeness (QED) is 0.464. The molecule has 138 valence electrons. The molecule has 1 heterocycles.